The number of aromatic nitrogens is 1. The summed E-state index contributed by atoms with van der Waals surface area (Å²) in [6, 6.07) is 11.8. The highest BCUT2D eigenvalue weighted by atomic mass is 35.5. The highest BCUT2D eigenvalue weighted by Gasteiger charge is 2.15. The zero-order valence-electron chi connectivity index (χ0n) is 13.7. The lowest BCUT2D eigenvalue weighted by atomic mass is 10.1. The number of halogens is 1. The van der Waals surface area contributed by atoms with Gasteiger partial charge in [-0.1, -0.05) is 23.7 Å². The van der Waals surface area contributed by atoms with Crippen LogP contribution in [0.3, 0.4) is 0 Å². The molecular weight excluding hydrogens is 374 g/mol. The van der Waals surface area contributed by atoms with E-state index in [9.17, 15) is 14.9 Å². The van der Waals surface area contributed by atoms with Gasteiger partial charge < -0.3 is 0 Å². The van der Waals surface area contributed by atoms with Gasteiger partial charge in [0.1, 0.15) is 0 Å². The summed E-state index contributed by atoms with van der Waals surface area (Å²) in [5.74, 6) is -0.351. The number of hydrogen-bond acceptors (Lipinski definition) is 5. The summed E-state index contributed by atoms with van der Waals surface area (Å²) in [7, 11) is 0. The van der Waals surface area contributed by atoms with Crippen molar-refractivity contribution in [2.75, 3.05) is 5.32 Å². The first-order valence-electron chi connectivity index (χ1n) is 7.68. The maximum atomic E-state index is 12.3. The summed E-state index contributed by atoms with van der Waals surface area (Å²) in [5, 5.41) is 14.7. The summed E-state index contributed by atoms with van der Waals surface area (Å²) in [4.78, 5) is 27.9. The lowest BCUT2D eigenvalue weighted by Gasteiger charge is -2.03. The van der Waals surface area contributed by atoms with E-state index in [1.165, 1.54) is 29.5 Å². The van der Waals surface area contributed by atoms with Crippen molar-refractivity contribution < 1.29 is 9.72 Å². The molecule has 3 rings (SSSR count). The molecule has 132 valence electrons. The number of amides is 1. The first kappa shape index (κ1) is 18.0. The van der Waals surface area contributed by atoms with E-state index < -0.39 is 4.92 Å². The zero-order chi connectivity index (χ0) is 18.7. The van der Waals surface area contributed by atoms with Crippen LogP contribution in [0, 0.1) is 17.0 Å². The molecule has 0 saturated carbocycles. The van der Waals surface area contributed by atoms with Crippen LogP contribution in [0.4, 0.5) is 10.8 Å². The fourth-order valence-corrected chi connectivity index (χ4v) is 3.39. The third-order valence-electron chi connectivity index (χ3n) is 3.72. The van der Waals surface area contributed by atoms with Crippen LogP contribution in [0.15, 0.2) is 48.7 Å². The second kappa shape index (κ2) is 7.63. The van der Waals surface area contributed by atoms with Crippen molar-refractivity contribution in [3.8, 4) is 0 Å². The van der Waals surface area contributed by atoms with Crippen LogP contribution >= 0.6 is 22.9 Å². The topological polar surface area (TPSA) is 85.1 Å². The van der Waals surface area contributed by atoms with E-state index in [-0.39, 0.29) is 11.6 Å². The van der Waals surface area contributed by atoms with Crippen molar-refractivity contribution in [2.45, 2.75) is 13.3 Å². The number of rotatable bonds is 5. The van der Waals surface area contributed by atoms with Gasteiger partial charge in [0.25, 0.3) is 11.6 Å². The second-order valence-electron chi connectivity index (χ2n) is 5.65. The molecule has 0 aliphatic rings. The van der Waals surface area contributed by atoms with E-state index in [2.05, 4.69) is 10.3 Å². The number of aryl methyl sites for hydroxylation is 1. The van der Waals surface area contributed by atoms with Crippen LogP contribution in [0.5, 0.6) is 0 Å². The first-order valence-corrected chi connectivity index (χ1v) is 8.87. The number of benzene rings is 2. The first-order chi connectivity index (χ1) is 12.4. The van der Waals surface area contributed by atoms with Gasteiger partial charge in [0.15, 0.2) is 5.13 Å². The second-order valence-corrected chi connectivity index (χ2v) is 7.20. The number of nitrogens with zero attached hydrogens (tertiary/aromatic N) is 2. The van der Waals surface area contributed by atoms with Gasteiger partial charge in [-0.15, -0.1) is 11.3 Å². The molecule has 0 fully saturated rings. The molecular formula is C18H14ClN3O3S. The lowest BCUT2D eigenvalue weighted by Crippen LogP contribution is -2.12. The number of carbonyl (C=O) groups excluding carboxylic acids is 1. The van der Waals surface area contributed by atoms with Gasteiger partial charge >= 0.3 is 0 Å². The number of anilines is 1. The summed E-state index contributed by atoms with van der Waals surface area (Å²) >= 11 is 7.26. The van der Waals surface area contributed by atoms with Crippen molar-refractivity contribution in [1.29, 1.82) is 0 Å². The maximum absolute atomic E-state index is 12.3. The number of nitro benzene ring substituents is 1. The predicted molar refractivity (Wildman–Crippen MR) is 102 cm³/mol. The van der Waals surface area contributed by atoms with Crippen LogP contribution in [0.1, 0.15) is 26.4 Å². The van der Waals surface area contributed by atoms with Crippen molar-refractivity contribution in [1.82, 2.24) is 4.98 Å². The Morgan fingerprint density at radius 3 is 2.65 bits per heavy atom. The molecule has 6 nitrogen and oxygen atoms in total. The van der Waals surface area contributed by atoms with E-state index in [0.717, 1.165) is 10.4 Å². The van der Waals surface area contributed by atoms with Gasteiger partial charge in [-0.25, -0.2) is 4.98 Å². The summed E-state index contributed by atoms with van der Waals surface area (Å²) < 4.78 is 0. The standard InChI is InChI=1S/C18H14ClN3O3S/c1-11-8-13(4-7-16(11)22(24)25)17(23)21-18-20-10-15(26-18)9-12-2-5-14(19)6-3-12/h2-8,10H,9H2,1H3,(H,20,21,23). The Morgan fingerprint density at radius 2 is 2.00 bits per heavy atom. The van der Waals surface area contributed by atoms with Crippen molar-refractivity contribution in [3.05, 3.63) is 85.4 Å². The molecule has 0 atom stereocenters. The predicted octanol–water partition coefficient (Wildman–Crippen LogP) is 4.86. The minimum Gasteiger partial charge on any atom is -0.298 e. The summed E-state index contributed by atoms with van der Waals surface area (Å²) in [6.07, 6.45) is 2.41. The van der Waals surface area contributed by atoms with Gasteiger partial charge in [-0.3, -0.25) is 20.2 Å². The molecule has 0 aliphatic heterocycles. The molecule has 0 unspecified atom stereocenters. The minimum absolute atomic E-state index is 0.0129. The highest BCUT2D eigenvalue weighted by Crippen LogP contribution is 2.24. The fraction of sp³-hybridized carbons (Fsp3) is 0.111. The molecule has 0 radical (unpaired) electrons. The lowest BCUT2D eigenvalue weighted by molar-refractivity contribution is -0.385. The fourth-order valence-electron chi connectivity index (χ4n) is 2.42. The summed E-state index contributed by atoms with van der Waals surface area (Å²) in [5.41, 5.74) is 1.87. The van der Waals surface area contributed by atoms with E-state index in [0.29, 0.717) is 27.7 Å². The van der Waals surface area contributed by atoms with Gasteiger partial charge in [0, 0.05) is 39.7 Å². The SMILES string of the molecule is Cc1cc(C(=O)Nc2ncc(Cc3ccc(Cl)cc3)s2)ccc1[N+](=O)[O-]. The molecule has 3 aromatic rings. The number of carbonyl (C=O) groups is 1. The Hall–Kier alpha value is -2.77. The van der Waals surface area contributed by atoms with E-state index >= 15 is 0 Å². The monoisotopic (exact) mass is 387 g/mol. The van der Waals surface area contributed by atoms with Crippen molar-refractivity contribution >= 4 is 39.7 Å². The molecule has 2 aromatic carbocycles. The molecule has 8 heteroatoms. The average Bonchev–Trinajstić information content (AvgIpc) is 3.03. The molecule has 0 bridgehead atoms. The number of thiazole rings is 1. The molecule has 0 spiro atoms. The molecule has 1 heterocycles. The van der Waals surface area contributed by atoms with Crippen LogP contribution in [-0.4, -0.2) is 15.8 Å². The van der Waals surface area contributed by atoms with Crippen LogP contribution in [0.2, 0.25) is 5.02 Å². The molecule has 26 heavy (non-hydrogen) atoms. The molecule has 1 aromatic heterocycles. The van der Waals surface area contributed by atoms with Crippen LogP contribution < -0.4 is 5.32 Å². The zero-order valence-corrected chi connectivity index (χ0v) is 15.3. The average molecular weight is 388 g/mol. The van der Waals surface area contributed by atoms with Crippen LogP contribution in [-0.2, 0) is 6.42 Å². The van der Waals surface area contributed by atoms with Gasteiger partial charge in [0.2, 0.25) is 0 Å². The largest absolute Gasteiger partial charge is 0.298 e. The Morgan fingerprint density at radius 1 is 1.27 bits per heavy atom. The molecule has 1 amide bonds. The van der Waals surface area contributed by atoms with Crippen molar-refractivity contribution in [2.24, 2.45) is 0 Å². The highest BCUT2D eigenvalue weighted by molar-refractivity contribution is 7.15. The third-order valence-corrected chi connectivity index (χ3v) is 4.89. The maximum Gasteiger partial charge on any atom is 0.272 e. The van der Waals surface area contributed by atoms with Crippen molar-refractivity contribution in [3.63, 3.8) is 0 Å². The van der Waals surface area contributed by atoms with Gasteiger partial charge in [-0.2, -0.15) is 0 Å². The molecule has 0 aliphatic carbocycles. The number of nitro groups is 1. The Bertz CT molecular complexity index is 970. The molecule has 1 N–H and O–H groups in total. The van der Waals surface area contributed by atoms with E-state index in [1.807, 2.05) is 24.3 Å². The number of nitrogens with one attached hydrogen (secondary N) is 1. The van der Waals surface area contributed by atoms with Gasteiger partial charge in [0.05, 0.1) is 4.92 Å². The van der Waals surface area contributed by atoms with E-state index in [1.54, 1.807) is 13.1 Å². The Kier molecular flexibility index (Phi) is 5.29. The van der Waals surface area contributed by atoms with Crippen LogP contribution in [0.25, 0.3) is 0 Å². The molecule has 0 saturated heterocycles. The third kappa shape index (κ3) is 4.25. The quantitative estimate of drug-likeness (QED) is 0.500. The number of hydrogen-bond donors (Lipinski definition) is 1. The van der Waals surface area contributed by atoms with E-state index in [4.69, 9.17) is 11.6 Å². The smallest absolute Gasteiger partial charge is 0.272 e. The normalized spacial score (nSPS) is 10.5. The summed E-state index contributed by atoms with van der Waals surface area (Å²) in [6.45, 7) is 1.60. The van der Waals surface area contributed by atoms with Gasteiger partial charge in [-0.05, 0) is 36.8 Å². The Balaban J connectivity index is 1.68. The Labute approximate surface area is 158 Å². The minimum atomic E-state index is -0.471.